The predicted molar refractivity (Wildman–Crippen MR) is 64.2 cm³/mol. The second-order valence-electron chi connectivity index (χ2n) is 5.28. The quantitative estimate of drug-likeness (QED) is 0.783. The maximum absolute atomic E-state index is 9.77. The minimum Gasteiger partial charge on any atom is -0.508 e. The van der Waals surface area contributed by atoms with Crippen molar-refractivity contribution in [1.29, 1.82) is 0 Å². The Morgan fingerprint density at radius 1 is 1.33 bits per heavy atom. The summed E-state index contributed by atoms with van der Waals surface area (Å²) in [6.45, 7) is 8.27. The third-order valence-corrected chi connectivity index (χ3v) is 2.43. The fourth-order valence-corrected chi connectivity index (χ4v) is 1.68. The van der Waals surface area contributed by atoms with E-state index >= 15 is 0 Å². The molecular formula is C13H21NO. The molecule has 0 heterocycles. The van der Waals surface area contributed by atoms with Gasteiger partial charge in [-0.3, -0.25) is 0 Å². The number of hydrogen-bond donors (Lipinski definition) is 2. The Labute approximate surface area is 92.1 Å². The van der Waals surface area contributed by atoms with Crippen LogP contribution in [0, 0.1) is 0 Å². The Morgan fingerprint density at radius 3 is 2.40 bits per heavy atom. The largest absolute Gasteiger partial charge is 0.508 e. The highest BCUT2D eigenvalue weighted by molar-refractivity contribution is 5.40. The molecule has 0 aliphatic heterocycles. The monoisotopic (exact) mass is 207 g/mol. The molecule has 1 unspecified atom stereocenters. The summed E-state index contributed by atoms with van der Waals surface area (Å²) in [5.74, 6) is 0.371. The third kappa shape index (κ3) is 3.24. The molecule has 0 bridgehead atoms. The molecule has 1 atom stereocenters. The summed E-state index contributed by atoms with van der Waals surface area (Å²) in [7, 11) is 0. The maximum atomic E-state index is 9.77. The van der Waals surface area contributed by atoms with E-state index in [1.54, 1.807) is 6.07 Å². The highest BCUT2D eigenvalue weighted by Crippen LogP contribution is 2.31. The number of nitrogens with two attached hydrogens (primary N) is 1. The van der Waals surface area contributed by atoms with E-state index in [4.69, 9.17) is 5.73 Å². The Morgan fingerprint density at radius 2 is 1.93 bits per heavy atom. The zero-order valence-corrected chi connectivity index (χ0v) is 10.0. The van der Waals surface area contributed by atoms with Gasteiger partial charge >= 0.3 is 0 Å². The summed E-state index contributed by atoms with van der Waals surface area (Å²) in [6.07, 6.45) is 0.851. The molecule has 0 saturated heterocycles. The molecule has 0 saturated carbocycles. The van der Waals surface area contributed by atoms with E-state index in [1.165, 1.54) is 5.56 Å². The molecular weight excluding hydrogens is 186 g/mol. The van der Waals surface area contributed by atoms with Crippen LogP contribution in [0.25, 0.3) is 0 Å². The van der Waals surface area contributed by atoms with E-state index in [0.29, 0.717) is 5.75 Å². The number of phenols is 1. The molecule has 0 spiro atoms. The van der Waals surface area contributed by atoms with Gasteiger partial charge in [0.25, 0.3) is 0 Å². The number of rotatable bonds is 2. The highest BCUT2D eigenvalue weighted by Gasteiger charge is 2.18. The Kier molecular flexibility index (Phi) is 3.40. The molecule has 0 aliphatic rings. The van der Waals surface area contributed by atoms with Gasteiger partial charge < -0.3 is 10.8 Å². The Hall–Kier alpha value is -1.02. The van der Waals surface area contributed by atoms with E-state index in [9.17, 15) is 5.11 Å². The van der Waals surface area contributed by atoms with Crippen molar-refractivity contribution in [2.75, 3.05) is 0 Å². The highest BCUT2D eigenvalue weighted by atomic mass is 16.3. The van der Waals surface area contributed by atoms with Crippen molar-refractivity contribution in [1.82, 2.24) is 0 Å². The van der Waals surface area contributed by atoms with Crippen molar-refractivity contribution < 1.29 is 5.11 Å². The second-order valence-corrected chi connectivity index (χ2v) is 5.28. The van der Waals surface area contributed by atoms with E-state index in [2.05, 4.69) is 26.8 Å². The first-order valence-corrected chi connectivity index (χ1v) is 5.38. The van der Waals surface area contributed by atoms with Crippen LogP contribution < -0.4 is 5.73 Å². The Bertz CT molecular complexity index is 337. The van der Waals surface area contributed by atoms with Crippen LogP contribution in [-0.2, 0) is 11.8 Å². The lowest BCUT2D eigenvalue weighted by atomic mass is 9.85. The van der Waals surface area contributed by atoms with Crippen molar-refractivity contribution >= 4 is 0 Å². The SMILES string of the molecule is CC(N)Cc1ccc(O)c(C(C)(C)C)c1. The van der Waals surface area contributed by atoms with E-state index < -0.39 is 0 Å². The van der Waals surface area contributed by atoms with Gasteiger partial charge in [0, 0.05) is 6.04 Å². The molecule has 2 heteroatoms. The van der Waals surface area contributed by atoms with Crippen molar-refractivity contribution in [2.45, 2.75) is 45.6 Å². The first-order valence-electron chi connectivity index (χ1n) is 5.38. The Balaban J connectivity index is 3.06. The van der Waals surface area contributed by atoms with Gasteiger partial charge in [0.1, 0.15) is 5.75 Å². The van der Waals surface area contributed by atoms with Crippen LogP contribution in [0.15, 0.2) is 18.2 Å². The summed E-state index contributed by atoms with van der Waals surface area (Å²) >= 11 is 0. The summed E-state index contributed by atoms with van der Waals surface area (Å²) in [5, 5.41) is 9.77. The van der Waals surface area contributed by atoms with E-state index in [-0.39, 0.29) is 11.5 Å². The van der Waals surface area contributed by atoms with Gasteiger partial charge in [0.15, 0.2) is 0 Å². The summed E-state index contributed by atoms with van der Waals surface area (Å²) < 4.78 is 0. The van der Waals surface area contributed by atoms with Crippen molar-refractivity contribution in [3.63, 3.8) is 0 Å². The van der Waals surface area contributed by atoms with Gasteiger partial charge in [-0.05, 0) is 36.0 Å². The summed E-state index contributed by atoms with van der Waals surface area (Å²) in [5.41, 5.74) is 7.90. The number of phenolic OH excluding ortho intramolecular Hbond substituents is 1. The molecule has 84 valence electrons. The number of benzene rings is 1. The molecule has 0 aromatic heterocycles. The molecule has 0 fully saturated rings. The van der Waals surface area contributed by atoms with Gasteiger partial charge in [-0.1, -0.05) is 32.9 Å². The molecule has 2 nitrogen and oxygen atoms in total. The van der Waals surface area contributed by atoms with Crippen molar-refractivity contribution in [2.24, 2.45) is 5.73 Å². The first kappa shape index (κ1) is 12.1. The maximum Gasteiger partial charge on any atom is 0.119 e. The summed E-state index contributed by atoms with van der Waals surface area (Å²) in [6, 6.07) is 5.91. The van der Waals surface area contributed by atoms with Gasteiger partial charge in [0.05, 0.1) is 0 Å². The topological polar surface area (TPSA) is 46.2 Å². The lowest BCUT2D eigenvalue weighted by molar-refractivity contribution is 0.446. The molecule has 0 radical (unpaired) electrons. The second kappa shape index (κ2) is 4.23. The predicted octanol–water partition coefficient (Wildman–Crippen LogP) is 2.58. The normalized spacial score (nSPS) is 13.9. The number of aromatic hydroxyl groups is 1. The summed E-state index contributed by atoms with van der Waals surface area (Å²) in [4.78, 5) is 0. The van der Waals surface area contributed by atoms with Crippen LogP contribution in [-0.4, -0.2) is 11.1 Å². The van der Waals surface area contributed by atoms with Crippen LogP contribution in [0.4, 0.5) is 0 Å². The van der Waals surface area contributed by atoms with Crippen LogP contribution in [0.3, 0.4) is 0 Å². The fourth-order valence-electron chi connectivity index (χ4n) is 1.68. The van der Waals surface area contributed by atoms with E-state index in [1.807, 2.05) is 13.0 Å². The zero-order valence-electron chi connectivity index (χ0n) is 10.0. The van der Waals surface area contributed by atoms with E-state index in [0.717, 1.165) is 12.0 Å². The third-order valence-electron chi connectivity index (χ3n) is 2.43. The average molecular weight is 207 g/mol. The molecule has 15 heavy (non-hydrogen) atoms. The van der Waals surface area contributed by atoms with Crippen LogP contribution in [0.2, 0.25) is 0 Å². The molecule has 0 amide bonds. The molecule has 0 aliphatic carbocycles. The standard InChI is InChI=1S/C13H21NO/c1-9(14)7-10-5-6-12(15)11(8-10)13(2,3)4/h5-6,8-9,15H,7,14H2,1-4H3. The molecule has 1 rings (SSSR count). The lowest BCUT2D eigenvalue weighted by Gasteiger charge is -2.21. The van der Waals surface area contributed by atoms with Crippen molar-refractivity contribution in [3.05, 3.63) is 29.3 Å². The van der Waals surface area contributed by atoms with Gasteiger partial charge in [0.2, 0.25) is 0 Å². The fraction of sp³-hybridized carbons (Fsp3) is 0.538. The van der Waals surface area contributed by atoms with Crippen LogP contribution >= 0.6 is 0 Å². The average Bonchev–Trinajstić information content (AvgIpc) is 2.05. The minimum atomic E-state index is -0.0298. The van der Waals surface area contributed by atoms with Gasteiger partial charge in [-0.2, -0.15) is 0 Å². The lowest BCUT2D eigenvalue weighted by Crippen LogP contribution is -2.18. The molecule has 3 N–H and O–H groups in total. The van der Waals surface area contributed by atoms with Gasteiger partial charge in [-0.15, -0.1) is 0 Å². The van der Waals surface area contributed by atoms with Crippen LogP contribution in [0.1, 0.15) is 38.8 Å². The van der Waals surface area contributed by atoms with Crippen molar-refractivity contribution in [3.8, 4) is 5.75 Å². The zero-order chi connectivity index (χ0) is 11.6. The molecule has 1 aromatic rings. The molecule has 1 aromatic carbocycles. The van der Waals surface area contributed by atoms with Gasteiger partial charge in [-0.25, -0.2) is 0 Å². The minimum absolute atomic E-state index is 0.0298. The first-order chi connectivity index (χ1) is 6.80. The number of hydrogen-bond acceptors (Lipinski definition) is 2. The van der Waals surface area contributed by atoms with Crippen LogP contribution in [0.5, 0.6) is 5.75 Å². The smallest absolute Gasteiger partial charge is 0.119 e.